The van der Waals surface area contributed by atoms with Crippen LogP contribution in [0.5, 0.6) is 0 Å². The second kappa shape index (κ2) is 10.2. The van der Waals surface area contributed by atoms with Gasteiger partial charge in [0, 0.05) is 17.9 Å². The second-order valence-corrected chi connectivity index (χ2v) is 6.22. The third-order valence-corrected chi connectivity index (χ3v) is 4.49. The van der Waals surface area contributed by atoms with Crippen molar-refractivity contribution in [1.82, 2.24) is 5.32 Å². The molecule has 1 saturated carbocycles. The molecule has 142 valence electrons. The number of ether oxygens (including phenoxy) is 2. The zero-order chi connectivity index (χ0) is 19.0. The third-order valence-electron chi connectivity index (χ3n) is 4.49. The maximum Gasteiger partial charge on any atom is 0.309 e. The van der Waals surface area contributed by atoms with Gasteiger partial charge in [-0.1, -0.05) is 19.0 Å². The summed E-state index contributed by atoms with van der Waals surface area (Å²) in [5.41, 5.74) is 15.2. The molecule has 0 radical (unpaired) electrons. The van der Waals surface area contributed by atoms with E-state index in [1.54, 1.807) is 6.92 Å². The van der Waals surface area contributed by atoms with Gasteiger partial charge >= 0.3 is 5.97 Å². The van der Waals surface area contributed by atoms with Crippen LogP contribution >= 0.6 is 0 Å². The van der Waals surface area contributed by atoms with E-state index in [1.165, 1.54) is 6.92 Å². The molecule has 0 saturated heterocycles. The molecule has 0 unspecified atom stereocenters. The number of nitrogens with zero attached hydrogens (tertiary/aromatic N) is 3. The van der Waals surface area contributed by atoms with Crippen molar-refractivity contribution in [3.05, 3.63) is 10.4 Å². The van der Waals surface area contributed by atoms with Crippen molar-refractivity contribution in [1.29, 1.82) is 0 Å². The van der Waals surface area contributed by atoms with E-state index in [0.29, 0.717) is 0 Å². The summed E-state index contributed by atoms with van der Waals surface area (Å²) in [5.74, 6) is -1.42. The number of hydrogen-bond donors (Lipinski definition) is 2. The Labute approximate surface area is 148 Å². The zero-order valence-electron chi connectivity index (χ0n) is 15.3. The summed E-state index contributed by atoms with van der Waals surface area (Å²) in [6.07, 6.45) is 0.967. The van der Waals surface area contributed by atoms with E-state index in [1.807, 2.05) is 13.8 Å². The minimum Gasteiger partial charge on any atom is -0.466 e. The number of rotatable bonds is 8. The fourth-order valence-electron chi connectivity index (χ4n) is 3.25. The molecule has 1 aliphatic rings. The SMILES string of the molecule is CCOC(=O)[C@@H]1C[C@H](N)[C@@H](NC(C)=O)[C@@H](OC(CC)CC)[C@H]1N=[N+]=[N-]. The van der Waals surface area contributed by atoms with Gasteiger partial charge in [0.1, 0.15) is 0 Å². The summed E-state index contributed by atoms with van der Waals surface area (Å²) in [6.45, 7) is 7.29. The quantitative estimate of drug-likeness (QED) is 0.295. The van der Waals surface area contributed by atoms with Crippen LogP contribution in [0.3, 0.4) is 0 Å². The van der Waals surface area contributed by atoms with Crippen LogP contribution in [-0.2, 0) is 19.1 Å². The van der Waals surface area contributed by atoms with E-state index >= 15 is 0 Å². The van der Waals surface area contributed by atoms with Crippen molar-refractivity contribution in [2.45, 2.75) is 77.3 Å². The van der Waals surface area contributed by atoms with E-state index in [2.05, 4.69) is 15.3 Å². The summed E-state index contributed by atoms with van der Waals surface area (Å²) in [4.78, 5) is 26.8. The molecule has 0 heterocycles. The van der Waals surface area contributed by atoms with Gasteiger partial charge in [0.05, 0.1) is 36.8 Å². The molecule has 0 aromatic rings. The lowest BCUT2D eigenvalue weighted by atomic mass is 9.76. The average molecular weight is 355 g/mol. The molecule has 1 rings (SSSR count). The van der Waals surface area contributed by atoms with Crippen LogP contribution in [0.2, 0.25) is 0 Å². The predicted octanol–water partition coefficient (Wildman–Crippen LogP) is 1.65. The van der Waals surface area contributed by atoms with Crippen LogP contribution in [0.1, 0.15) is 47.0 Å². The Morgan fingerprint density at radius 3 is 2.48 bits per heavy atom. The largest absolute Gasteiger partial charge is 0.466 e. The Bertz CT molecular complexity index is 505. The Hall–Kier alpha value is -1.83. The van der Waals surface area contributed by atoms with Crippen molar-refractivity contribution in [2.24, 2.45) is 16.8 Å². The molecule has 5 atom stereocenters. The fraction of sp³-hybridized carbons (Fsp3) is 0.875. The van der Waals surface area contributed by atoms with Crippen LogP contribution in [-0.4, -0.2) is 48.8 Å². The number of amides is 1. The molecule has 0 bridgehead atoms. The summed E-state index contributed by atoms with van der Waals surface area (Å²) >= 11 is 0. The van der Waals surface area contributed by atoms with E-state index in [9.17, 15) is 9.59 Å². The van der Waals surface area contributed by atoms with Gasteiger partial charge in [0.25, 0.3) is 0 Å². The normalized spacial score (nSPS) is 29.0. The lowest BCUT2D eigenvalue weighted by Gasteiger charge is -2.44. The first-order chi connectivity index (χ1) is 11.9. The number of carbonyl (C=O) groups excluding carboxylic acids is 2. The maximum atomic E-state index is 12.3. The lowest BCUT2D eigenvalue weighted by Crippen LogP contribution is -2.65. The second-order valence-electron chi connectivity index (χ2n) is 6.22. The highest BCUT2D eigenvalue weighted by Gasteiger charge is 2.48. The van der Waals surface area contributed by atoms with Gasteiger partial charge in [-0.2, -0.15) is 0 Å². The summed E-state index contributed by atoms with van der Waals surface area (Å²) < 4.78 is 11.2. The fourth-order valence-corrected chi connectivity index (χ4v) is 3.25. The molecule has 1 amide bonds. The topological polar surface area (TPSA) is 139 Å². The first-order valence-electron chi connectivity index (χ1n) is 8.78. The van der Waals surface area contributed by atoms with Crippen LogP contribution in [0.4, 0.5) is 0 Å². The van der Waals surface area contributed by atoms with Crippen molar-refractivity contribution < 1.29 is 19.1 Å². The van der Waals surface area contributed by atoms with Crippen molar-refractivity contribution in [3.63, 3.8) is 0 Å². The van der Waals surface area contributed by atoms with Crippen LogP contribution in [0.25, 0.3) is 10.4 Å². The number of esters is 1. The zero-order valence-corrected chi connectivity index (χ0v) is 15.3. The third kappa shape index (κ3) is 5.59. The summed E-state index contributed by atoms with van der Waals surface area (Å²) in [6, 6.07) is -1.84. The van der Waals surface area contributed by atoms with Gasteiger partial charge in [-0.15, -0.1) is 0 Å². The van der Waals surface area contributed by atoms with Crippen molar-refractivity contribution >= 4 is 11.9 Å². The molecule has 1 fully saturated rings. The Balaban J connectivity index is 3.22. The summed E-state index contributed by atoms with van der Waals surface area (Å²) in [7, 11) is 0. The molecular formula is C16H29N5O4. The number of azide groups is 1. The van der Waals surface area contributed by atoms with Gasteiger partial charge < -0.3 is 20.5 Å². The smallest absolute Gasteiger partial charge is 0.309 e. The molecule has 0 aliphatic heterocycles. The molecule has 1 aliphatic carbocycles. The Morgan fingerprint density at radius 2 is 2.00 bits per heavy atom. The molecule has 0 aromatic carbocycles. The Kier molecular flexibility index (Phi) is 8.68. The van der Waals surface area contributed by atoms with Crippen molar-refractivity contribution in [3.8, 4) is 0 Å². The number of nitrogens with two attached hydrogens (primary N) is 1. The number of hydrogen-bond acceptors (Lipinski definition) is 6. The van der Waals surface area contributed by atoms with Gasteiger partial charge in [-0.05, 0) is 31.7 Å². The number of nitrogens with one attached hydrogen (secondary N) is 1. The molecule has 25 heavy (non-hydrogen) atoms. The Morgan fingerprint density at radius 1 is 1.36 bits per heavy atom. The highest BCUT2D eigenvalue weighted by Crippen LogP contribution is 2.32. The van der Waals surface area contributed by atoms with Gasteiger partial charge in [0.15, 0.2) is 0 Å². The highest BCUT2D eigenvalue weighted by molar-refractivity contribution is 5.75. The number of carbonyl (C=O) groups is 2. The van der Waals surface area contributed by atoms with E-state index in [-0.39, 0.29) is 25.0 Å². The average Bonchev–Trinajstić information content (AvgIpc) is 2.57. The van der Waals surface area contributed by atoms with Gasteiger partial charge in [0.2, 0.25) is 5.91 Å². The van der Waals surface area contributed by atoms with E-state index in [4.69, 9.17) is 20.7 Å². The predicted molar refractivity (Wildman–Crippen MR) is 92.5 cm³/mol. The standard InChI is InChI=1S/C16H29N5O4/c1-5-10(6-2)25-15-13(20-21-18)11(16(23)24-7-3)8-12(17)14(15)19-9(4)22/h10-15H,5-8,17H2,1-4H3,(H,19,22)/t11-,12+,13+,14-,15+/m1/s1. The molecule has 3 N–H and O–H groups in total. The van der Waals surface area contributed by atoms with Crippen LogP contribution in [0, 0.1) is 5.92 Å². The minimum absolute atomic E-state index is 0.0919. The molecule has 9 nitrogen and oxygen atoms in total. The highest BCUT2D eigenvalue weighted by atomic mass is 16.5. The van der Waals surface area contributed by atoms with Crippen molar-refractivity contribution in [2.75, 3.05) is 6.61 Å². The van der Waals surface area contributed by atoms with Crippen LogP contribution in [0.15, 0.2) is 5.11 Å². The summed E-state index contributed by atoms with van der Waals surface area (Å²) in [5, 5.41) is 6.60. The maximum absolute atomic E-state index is 12.3. The molecular weight excluding hydrogens is 326 g/mol. The molecule has 9 heteroatoms. The first-order valence-corrected chi connectivity index (χ1v) is 8.78. The van der Waals surface area contributed by atoms with E-state index < -0.39 is 36.1 Å². The molecule has 0 aromatic heterocycles. The van der Waals surface area contributed by atoms with E-state index in [0.717, 1.165) is 12.8 Å². The van der Waals surface area contributed by atoms with Crippen LogP contribution < -0.4 is 11.1 Å². The monoisotopic (exact) mass is 355 g/mol. The lowest BCUT2D eigenvalue weighted by molar-refractivity contribution is -0.155. The van der Waals surface area contributed by atoms with Gasteiger partial charge in [-0.3, -0.25) is 9.59 Å². The molecule has 0 spiro atoms. The first kappa shape index (κ1) is 21.2. The van der Waals surface area contributed by atoms with Gasteiger partial charge in [-0.25, -0.2) is 0 Å². The minimum atomic E-state index is -0.790.